The lowest BCUT2D eigenvalue weighted by Gasteiger charge is -2.33. The van der Waals surface area contributed by atoms with Gasteiger partial charge in [0.2, 0.25) is 0 Å². The highest BCUT2D eigenvalue weighted by Gasteiger charge is 2.49. The van der Waals surface area contributed by atoms with Gasteiger partial charge in [-0.2, -0.15) is 0 Å². The summed E-state index contributed by atoms with van der Waals surface area (Å²) in [6, 6.07) is 19.2. The number of tetrazole rings is 1. The van der Waals surface area contributed by atoms with E-state index in [1.54, 1.807) is 17.8 Å². The van der Waals surface area contributed by atoms with Crippen molar-refractivity contribution >= 4 is 17.6 Å². The number of rotatable bonds is 5. The van der Waals surface area contributed by atoms with Crippen LogP contribution in [0, 0.1) is 5.82 Å². The van der Waals surface area contributed by atoms with E-state index >= 15 is 0 Å². The number of aryl methyl sites for hydroxylation is 1. The van der Waals surface area contributed by atoms with E-state index < -0.39 is 17.5 Å². The summed E-state index contributed by atoms with van der Waals surface area (Å²) >= 11 is 0. The predicted molar refractivity (Wildman–Crippen MR) is 134 cm³/mol. The van der Waals surface area contributed by atoms with Crippen LogP contribution < -0.4 is 10.6 Å². The van der Waals surface area contributed by atoms with Gasteiger partial charge in [0.15, 0.2) is 11.4 Å². The fourth-order valence-electron chi connectivity index (χ4n) is 5.08. The lowest BCUT2D eigenvalue weighted by Crippen LogP contribution is -2.51. The molecule has 9 nitrogen and oxygen atoms in total. The van der Waals surface area contributed by atoms with Gasteiger partial charge in [0.25, 0.3) is 5.91 Å². The maximum absolute atomic E-state index is 13.8. The molecule has 0 bridgehead atoms. The molecule has 37 heavy (non-hydrogen) atoms. The van der Waals surface area contributed by atoms with E-state index in [1.807, 2.05) is 53.4 Å². The number of aromatic nitrogens is 4. The van der Waals surface area contributed by atoms with Gasteiger partial charge < -0.3 is 10.2 Å². The summed E-state index contributed by atoms with van der Waals surface area (Å²) in [4.78, 5) is 27.4. The van der Waals surface area contributed by atoms with Gasteiger partial charge >= 0.3 is 6.03 Å². The molecular weight excluding hydrogens is 473 g/mol. The first-order valence-electron chi connectivity index (χ1n) is 11.6. The Hall–Kier alpha value is -4.86. The van der Waals surface area contributed by atoms with Crippen LogP contribution in [0.5, 0.6) is 0 Å². The average Bonchev–Trinajstić information content (AvgIpc) is 3.55. The number of benzene rings is 3. The molecule has 1 saturated heterocycles. The Bertz CT molecular complexity index is 1580. The molecule has 10 heteroatoms. The van der Waals surface area contributed by atoms with Crippen molar-refractivity contribution in [3.05, 3.63) is 95.8 Å². The second-order valence-corrected chi connectivity index (χ2v) is 9.17. The minimum atomic E-state index is -1.34. The van der Waals surface area contributed by atoms with Crippen LogP contribution in [0.1, 0.15) is 16.7 Å². The predicted octanol–water partition coefficient (Wildman–Crippen LogP) is 3.20. The lowest BCUT2D eigenvalue weighted by atomic mass is 9.87. The zero-order valence-electron chi connectivity index (χ0n) is 19.9. The number of carbonyl (C=O) groups is 2. The van der Waals surface area contributed by atoms with Crippen molar-refractivity contribution in [2.45, 2.75) is 12.1 Å². The van der Waals surface area contributed by atoms with Crippen LogP contribution in [-0.2, 0) is 23.9 Å². The molecule has 0 spiro atoms. The van der Waals surface area contributed by atoms with E-state index in [0.29, 0.717) is 29.2 Å². The Morgan fingerprint density at radius 3 is 2.46 bits per heavy atom. The highest BCUT2D eigenvalue weighted by Crippen LogP contribution is 2.37. The summed E-state index contributed by atoms with van der Waals surface area (Å²) in [5.74, 6) is -0.177. The van der Waals surface area contributed by atoms with Crippen molar-refractivity contribution in [1.82, 2.24) is 35.7 Å². The second-order valence-electron chi connectivity index (χ2n) is 9.17. The molecule has 1 aromatic heterocycles. The van der Waals surface area contributed by atoms with E-state index in [9.17, 15) is 14.0 Å². The van der Waals surface area contributed by atoms with Gasteiger partial charge in [-0.15, -0.1) is 5.10 Å². The third-order valence-electron chi connectivity index (χ3n) is 6.97. The van der Waals surface area contributed by atoms with Gasteiger partial charge in [-0.3, -0.25) is 10.1 Å². The molecule has 6 rings (SSSR count). The molecule has 2 aliphatic rings. The van der Waals surface area contributed by atoms with Crippen molar-refractivity contribution < 1.29 is 14.0 Å². The zero-order chi connectivity index (χ0) is 25.7. The molecule has 1 fully saturated rings. The van der Waals surface area contributed by atoms with E-state index in [2.05, 4.69) is 32.7 Å². The Labute approximate surface area is 211 Å². The monoisotopic (exact) mass is 495 g/mol. The first-order chi connectivity index (χ1) is 17.9. The SMILES string of the molecule is C=C1c2cc(F)ccc2CN1CC1(c2ccc(-c3ccccc3-c3nnnn3C)cc2)NC(=O)NC1=O. The molecule has 4 aromatic rings. The second kappa shape index (κ2) is 8.37. The Balaban J connectivity index is 1.36. The first kappa shape index (κ1) is 22.6. The van der Waals surface area contributed by atoms with Crippen LogP contribution in [0.3, 0.4) is 0 Å². The molecule has 3 heterocycles. The number of carbonyl (C=O) groups excluding carboxylic acids is 2. The van der Waals surface area contributed by atoms with Crippen LogP contribution in [0.15, 0.2) is 73.3 Å². The fraction of sp³-hybridized carbons (Fsp3) is 0.148. The van der Waals surface area contributed by atoms with Crippen molar-refractivity contribution in [2.75, 3.05) is 6.54 Å². The van der Waals surface area contributed by atoms with E-state index in [-0.39, 0.29) is 12.4 Å². The molecule has 0 aliphatic carbocycles. The smallest absolute Gasteiger partial charge is 0.322 e. The largest absolute Gasteiger partial charge is 0.364 e. The summed E-state index contributed by atoms with van der Waals surface area (Å²) < 4.78 is 15.5. The number of nitrogens with zero attached hydrogens (tertiary/aromatic N) is 5. The topological polar surface area (TPSA) is 105 Å². The van der Waals surface area contributed by atoms with Crippen molar-refractivity contribution in [2.24, 2.45) is 7.05 Å². The molecule has 1 unspecified atom stereocenters. The Kier molecular flexibility index (Phi) is 5.11. The van der Waals surface area contributed by atoms with Gasteiger partial charge in [0.1, 0.15) is 5.82 Å². The van der Waals surface area contributed by atoms with Crippen LogP contribution in [0.2, 0.25) is 0 Å². The third-order valence-corrected chi connectivity index (χ3v) is 6.97. The zero-order valence-corrected chi connectivity index (χ0v) is 19.9. The van der Waals surface area contributed by atoms with Crippen LogP contribution in [0.25, 0.3) is 28.2 Å². The number of halogens is 1. The summed E-state index contributed by atoms with van der Waals surface area (Å²) in [5.41, 5.74) is 4.18. The summed E-state index contributed by atoms with van der Waals surface area (Å²) in [6.45, 7) is 4.71. The quantitative estimate of drug-likeness (QED) is 0.412. The van der Waals surface area contributed by atoms with Gasteiger partial charge in [-0.25, -0.2) is 13.9 Å². The standard InChI is InChI=1S/C27H22FN7O2/c1-16-23-13-20(28)12-9-18(23)14-35(16)15-27(25(36)29-26(37)30-27)19-10-7-17(8-11-19)21-5-3-4-6-22(21)24-31-32-33-34(24)2/h3-13H,1,14-15H2,2H3,(H2,29,30,36,37). The van der Waals surface area contributed by atoms with Crippen LogP contribution in [-0.4, -0.2) is 43.6 Å². The Morgan fingerprint density at radius 2 is 1.78 bits per heavy atom. The molecule has 2 aliphatic heterocycles. The van der Waals surface area contributed by atoms with Crippen LogP contribution >= 0.6 is 0 Å². The molecule has 3 aromatic carbocycles. The molecule has 3 amide bonds. The molecule has 1 atom stereocenters. The summed E-state index contributed by atoms with van der Waals surface area (Å²) in [7, 11) is 1.78. The first-order valence-corrected chi connectivity index (χ1v) is 11.6. The lowest BCUT2D eigenvalue weighted by molar-refractivity contribution is -0.124. The average molecular weight is 496 g/mol. The van der Waals surface area contributed by atoms with Crippen molar-refractivity contribution in [3.63, 3.8) is 0 Å². The maximum Gasteiger partial charge on any atom is 0.322 e. The van der Waals surface area contributed by atoms with Gasteiger partial charge in [-0.05, 0) is 44.8 Å². The highest BCUT2D eigenvalue weighted by molar-refractivity contribution is 6.07. The molecule has 0 saturated carbocycles. The van der Waals surface area contributed by atoms with Crippen molar-refractivity contribution in [3.8, 4) is 22.5 Å². The fourth-order valence-corrected chi connectivity index (χ4v) is 5.08. The summed E-state index contributed by atoms with van der Waals surface area (Å²) in [6.07, 6.45) is 0. The molecular formula is C27H22FN7O2. The molecule has 2 N–H and O–H groups in total. The minimum absolute atomic E-state index is 0.139. The number of hydrogen-bond acceptors (Lipinski definition) is 6. The Morgan fingerprint density at radius 1 is 1.03 bits per heavy atom. The van der Waals surface area contributed by atoms with Crippen LogP contribution in [0.4, 0.5) is 9.18 Å². The van der Waals surface area contributed by atoms with Gasteiger partial charge in [0.05, 0.1) is 6.54 Å². The molecule has 184 valence electrons. The number of nitrogens with one attached hydrogen (secondary N) is 2. The minimum Gasteiger partial charge on any atom is -0.364 e. The van der Waals surface area contributed by atoms with E-state index in [1.165, 1.54) is 12.1 Å². The third kappa shape index (κ3) is 3.65. The van der Waals surface area contributed by atoms with Gasteiger partial charge in [-0.1, -0.05) is 61.2 Å². The van der Waals surface area contributed by atoms with E-state index in [0.717, 1.165) is 22.3 Å². The number of urea groups is 1. The maximum atomic E-state index is 13.8. The van der Waals surface area contributed by atoms with Gasteiger partial charge in [0, 0.05) is 30.4 Å². The highest BCUT2D eigenvalue weighted by atomic mass is 19.1. The normalized spacial score (nSPS) is 18.6. The number of amides is 3. The number of fused-ring (bicyclic) bond motifs is 1. The van der Waals surface area contributed by atoms with Crippen molar-refractivity contribution in [1.29, 1.82) is 0 Å². The molecule has 0 radical (unpaired) electrons. The number of hydrogen-bond donors (Lipinski definition) is 2. The summed E-state index contributed by atoms with van der Waals surface area (Å²) in [5, 5.41) is 17.0. The van der Waals surface area contributed by atoms with E-state index in [4.69, 9.17) is 0 Å². The number of imide groups is 1.